The summed E-state index contributed by atoms with van der Waals surface area (Å²) in [6, 6.07) is 9.18. The fourth-order valence-corrected chi connectivity index (χ4v) is 3.53. The summed E-state index contributed by atoms with van der Waals surface area (Å²) in [6.45, 7) is -0.368. The molecule has 2 aromatic rings. The van der Waals surface area contributed by atoms with Crippen LogP contribution in [0.25, 0.3) is 6.08 Å². The molecule has 7 heteroatoms. The van der Waals surface area contributed by atoms with E-state index in [0.29, 0.717) is 27.8 Å². The molecule has 6 nitrogen and oxygen atoms in total. The van der Waals surface area contributed by atoms with Crippen LogP contribution in [0.4, 0.5) is 5.69 Å². The monoisotopic (exact) mass is 415 g/mol. The quantitative estimate of drug-likeness (QED) is 0.545. The Bertz CT molecular complexity index is 954. The number of carbonyl (C=O) groups is 2. The molecule has 1 aliphatic rings. The smallest absolute Gasteiger partial charge is 0.331 e. The van der Waals surface area contributed by atoms with Crippen molar-refractivity contribution in [2.45, 2.75) is 19.3 Å². The van der Waals surface area contributed by atoms with Crippen molar-refractivity contribution < 1.29 is 23.8 Å². The molecule has 0 unspecified atom stereocenters. The minimum absolute atomic E-state index is 0.355. The van der Waals surface area contributed by atoms with Gasteiger partial charge in [0.25, 0.3) is 5.91 Å². The predicted octanol–water partition coefficient (Wildman–Crippen LogP) is 4.04. The fourth-order valence-electron chi connectivity index (χ4n) is 3.23. The summed E-state index contributed by atoms with van der Waals surface area (Å²) < 4.78 is 15.4. The van der Waals surface area contributed by atoms with E-state index in [2.05, 4.69) is 5.32 Å². The highest BCUT2D eigenvalue weighted by Gasteiger charge is 2.13. The third kappa shape index (κ3) is 5.29. The van der Waals surface area contributed by atoms with Crippen LogP contribution in [0.1, 0.15) is 23.1 Å². The molecule has 1 amide bonds. The standard InChI is InChI=1S/C22H22ClNO5/c1-27-19-11-14(10-18(23)22(19)28-2)6-9-21(26)29-13-20(25)24-17-8-7-15-4-3-5-16(15)12-17/h6-12H,3-5,13H2,1-2H3,(H,24,25)/b9-6+. The number of anilines is 1. The first-order valence-corrected chi connectivity index (χ1v) is 9.56. The van der Waals surface area contributed by atoms with E-state index in [1.54, 1.807) is 12.1 Å². The number of benzene rings is 2. The Kier molecular flexibility index (Phi) is 6.77. The lowest BCUT2D eigenvalue weighted by Crippen LogP contribution is -2.20. The molecule has 1 aliphatic carbocycles. The summed E-state index contributed by atoms with van der Waals surface area (Å²) in [4.78, 5) is 23.9. The van der Waals surface area contributed by atoms with E-state index < -0.39 is 5.97 Å². The number of ether oxygens (including phenoxy) is 3. The topological polar surface area (TPSA) is 73.9 Å². The van der Waals surface area contributed by atoms with Crippen molar-refractivity contribution in [3.63, 3.8) is 0 Å². The van der Waals surface area contributed by atoms with Crippen molar-refractivity contribution in [1.82, 2.24) is 0 Å². The second-order valence-corrected chi connectivity index (χ2v) is 6.97. The fraction of sp³-hybridized carbons (Fsp3) is 0.273. The summed E-state index contributed by atoms with van der Waals surface area (Å²) in [7, 11) is 2.99. The Morgan fingerprint density at radius 1 is 1.10 bits per heavy atom. The second-order valence-electron chi connectivity index (χ2n) is 6.56. The van der Waals surface area contributed by atoms with E-state index >= 15 is 0 Å². The van der Waals surface area contributed by atoms with Crippen LogP contribution >= 0.6 is 11.6 Å². The molecule has 29 heavy (non-hydrogen) atoms. The van der Waals surface area contributed by atoms with Crippen molar-refractivity contribution in [3.8, 4) is 11.5 Å². The Morgan fingerprint density at radius 2 is 1.90 bits per heavy atom. The van der Waals surface area contributed by atoms with Gasteiger partial charge in [-0.2, -0.15) is 0 Å². The molecule has 0 heterocycles. The molecular formula is C22H22ClNO5. The van der Waals surface area contributed by atoms with Crippen molar-refractivity contribution in [1.29, 1.82) is 0 Å². The largest absolute Gasteiger partial charge is 0.493 e. The molecule has 0 radical (unpaired) electrons. The van der Waals surface area contributed by atoms with Crippen molar-refractivity contribution in [2.75, 3.05) is 26.1 Å². The summed E-state index contributed by atoms with van der Waals surface area (Å²) in [6.07, 6.45) is 5.99. The molecule has 0 bridgehead atoms. The maximum Gasteiger partial charge on any atom is 0.331 e. The first-order valence-electron chi connectivity index (χ1n) is 9.18. The van der Waals surface area contributed by atoms with Gasteiger partial charge >= 0.3 is 5.97 Å². The number of carbonyl (C=O) groups excluding carboxylic acids is 2. The second kappa shape index (κ2) is 9.47. The maximum absolute atomic E-state index is 12.0. The summed E-state index contributed by atoms with van der Waals surface area (Å²) in [5.74, 6) is -0.169. The number of esters is 1. The molecule has 2 aromatic carbocycles. The normalized spacial score (nSPS) is 12.5. The van der Waals surface area contributed by atoms with Gasteiger partial charge in [0.15, 0.2) is 18.1 Å². The molecule has 0 saturated carbocycles. The third-order valence-corrected chi connectivity index (χ3v) is 4.88. The molecule has 0 saturated heterocycles. The predicted molar refractivity (Wildman–Crippen MR) is 112 cm³/mol. The lowest BCUT2D eigenvalue weighted by molar-refractivity contribution is -0.142. The lowest BCUT2D eigenvalue weighted by atomic mass is 10.1. The summed E-state index contributed by atoms with van der Waals surface area (Å²) in [5, 5.41) is 3.10. The van der Waals surface area contributed by atoms with Crippen LogP contribution in [-0.2, 0) is 27.2 Å². The Hall–Kier alpha value is -2.99. The molecule has 0 aliphatic heterocycles. The average Bonchev–Trinajstić information content (AvgIpc) is 3.18. The molecule has 0 spiro atoms. The van der Waals surface area contributed by atoms with Crippen LogP contribution in [0.5, 0.6) is 11.5 Å². The van der Waals surface area contributed by atoms with Gasteiger partial charge in [-0.25, -0.2) is 4.79 Å². The van der Waals surface area contributed by atoms with Crippen molar-refractivity contribution in [3.05, 3.63) is 58.1 Å². The first kappa shape index (κ1) is 20.7. The number of hydrogen-bond donors (Lipinski definition) is 1. The van der Waals surface area contributed by atoms with Crippen LogP contribution in [-0.4, -0.2) is 32.7 Å². The van der Waals surface area contributed by atoms with Crippen molar-refractivity contribution >= 4 is 35.2 Å². The molecule has 3 rings (SSSR count). The number of fused-ring (bicyclic) bond motifs is 1. The van der Waals surface area contributed by atoms with Gasteiger partial charge < -0.3 is 19.5 Å². The Morgan fingerprint density at radius 3 is 2.66 bits per heavy atom. The van der Waals surface area contributed by atoms with Crippen molar-refractivity contribution in [2.24, 2.45) is 0 Å². The van der Waals surface area contributed by atoms with E-state index in [0.717, 1.165) is 19.3 Å². The minimum Gasteiger partial charge on any atom is -0.493 e. The van der Waals surface area contributed by atoms with Gasteiger partial charge in [-0.3, -0.25) is 4.79 Å². The zero-order chi connectivity index (χ0) is 20.8. The van der Waals surface area contributed by atoms with E-state index in [1.165, 1.54) is 37.5 Å². The number of amides is 1. The highest BCUT2D eigenvalue weighted by molar-refractivity contribution is 6.32. The molecule has 1 N–H and O–H groups in total. The lowest BCUT2D eigenvalue weighted by Gasteiger charge is -2.10. The Labute approximate surface area is 174 Å². The number of hydrogen-bond acceptors (Lipinski definition) is 5. The molecule has 0 fully saturated rings. The van der Waals surface area contributed by atoms with Crippen LogP contribution in [0.3, 0.4) is 0 Å². The van der Waals surface area contributed by atoms with Crippen LogP contribution in [0, 0.1) is 0 Å². The van der Waals surface area contributed by atoms with E-state index in [-0.39, 0.29) is 12.5 Å². The zero-order valence-corrected chi connectivity index (χ0v) is 17.0. The number of halogens is 1. The molecule has 0 aromatic heterocycles. The maximum atomic E-state index is 12.0. The highest BCUT2D eigenvalue weighted by atomic mass is 35.5. The number of nitrogens with one attached hydrogen (secondary N) is 1. The SMILES string of the molecule is COc1cc(/C=C/C(=O)OCC(=O)Nc2ccc3c(c2)CCC3)cc(Cl)c1OC. The van der Waals surface area contributed by atoms with Crippen LogP contribution in [0.15, 0.2) is 36.4 Å². The first-order chi connectivity index (χ1) is 14.0. The van der Waals surface area contributed by atoms with Gasteiger partial charge in [0.2, 0.25) is 0 Å². The number of rotatable bonds is 7. The molecule has 152 valence electrons. The number of methoxy groups -OCH3 is 2. The van der Waals surface area contributed by atoms with E-state index in [4.69, 9.17) is 25.8 Å². The summed E-state index contributed by atoms with van der Waals surface area (Å²) in [5.41, 5.74) is 3.93. The van der Waals surface area contributed by atoms with Gasteiger partial charge in [0, 0.05) is 11.8 Å². The van der Waals surface area contributed by atoms with Gasteiger partial charge in [-0.15, -0.1) is 0 Å². The average molecular weight is 416 g/mol. The third-order valence-electron chi connectivity index (χ3n) is 4.60. The molecular weight excluding hydrogens is 394 g/mol. The van der Waals surface area contributed by atoms with Gasteiger partial charge in [0.1, 0.15) is 0 Å². The summed E-state index contributed by atoms with van der Waals surface area (Å²) >= 11 is 6.14. The van der Waals surface area contributed by atoms with E-state index in [9.17, 15) is 9.59 Å². The van der Waals surface area contributed by atoms with E-state index in [1.807, 2.05) is 18.2 Å². The van der Waals surface area contributed by atoms with Gasteiger partial charge in [0.05, 0.1) is 19.2 Å². The minimum atomic E-state index is -0.639. The number of aryl methyl sites for hydroxylation is 2. The highest BCUT2D eigenvalue weighted by Crippen LogP contribution is 2.36. The van der Waals surface area contributed by atoms with Crippen LogP contribution < -0.4 is 14.8 Å². The van der Waals surface area contributed by atoms with Crippen LogP contribution in [0.2, 0.25) is 5.02 Å². The van der Waals surface area contributed by atoms with Gasteiger partial charge in [-0.05, 0) is 66.3 Å². The molecule has 0 atom stereocenters. The Balaban J connectivity index is 1.53. The van der Waals surface area contributed by atoms with Gasteiger partial charge in [-0.1, -0.05) is 17.7 Å². The zero-order valence-electron chi connectivity index (χ0n) is 16.3.